The molecule has 0 radical (unpaired) electrons. The Balaban J connectivity index is 2.48. The van der Waals surface area contributed by atoms with Crippen molar-refractivity contribution in [3.05, 3.63) is 29.8 Å². The standard InChI is InChI=1S/C11H15BO4/c1-16-11(13)7-3-5-9-4-2-6-10(8-9)12(14)15/h2,4,6,8,14-15H,3,5,7H2,1H3. The minimum absolute atomic E-state index is 0.224. The molecule has 16 heavy (non-hydrogen) atoms. The van der Waals surface area contributed by atoms with Gasteiger partial charge in [-0.05, 0) is 23.9 Å². The Hall–Kier alpha value is -1.33. The van der Waals surface area contributed by atoms with Gasteiger partial charge in [-0.1, -0.05) is 24.3 Å². The molecule has 0 amide bonds. The lowest BCUT2D eigenvalue weighted by Gasteiger charge is -2.04. The first-order chi connectivity index (χ1) is 7.63. The fourth-order valence-electron chi connectivity index (χ4n) is 1.45. The van der Waals surface area contributed by atoms with Crippen LogP contribution in [0.15, 0.2) is 24.3 Å². The minimum Gasteiger partial charge on any atom is -0.469 e. The SMILES string of the molecule is COC(=O)CCCc1cccc(B(O)O)c1. The summed E-state index contributed by atoms with van der Waals surface area (Å²) in [6.45, 7) is 0. The third-order valence-electron chi connectivity index (χ3n) is 2.32. The lowest BCUT2D eigenvalue weighted by atomic mass is 9.79. The minimum atomic E-state index is -1.44. The molecule has 1 aromatic rings. The Bertz CT molecular complexity index is 352. The summed E-state index contributed by atoms with van der Waals surface area (Å²) in [4.78, 5) is 10.9. The molecule has 1 rings (SSSR count). The van der Waals surface area contributed by atoms with E-state index in [0.29, 0.717) is 18.3 Å². The van der Waals surface area contributed by atoms with Gasteiger partial charge in [0, 0.05) is 6.42 Å². The molecule has 0 spiro atoms. The monoisotopic (exact) mass is 222 g/mol. The zero-order valence-corrected chi connectivity index (χ0v) is 9.22. The summed E-state index contributed by atoms with van der Waals surface area (Å²) in [6.07, 6.45) is 1.79. The first-order valence-corrected chi connectivity index (χ1v) is 5.15. The maximum atomic E-state index is 10.9. The number of aryl methyl sites for hydroxylation is 1. The fraction of sp³-hybridized carbons (Fsp3) is 0.364. The van der Waals surface area contributed by atoms with Crippen LogP contribution in [-0.2, 0) is 16.0 Å². The van der Waals surface area contributed by atoms with Crippen molar-refractivity contribution in [1.29, 1.82) is 0 Å². The van der Waals surface area contributed by atoms with Crippen molar-refractivity contribution in [2.24, 2.45) is 0 Å². The Morgan fingerprint density at radius 1 is 1.44 bits per heavy atom. The highest BCUT2D eigenvalue weighted by Crippen LogP contribution is 2.04. The summed E-state index contributed by atoms with van der Waals surface area (Å²) < 4.78 is 4.53. The van der Waals surface area contributed by atoms with E-state index in [2.05, 4.69) is 4.74 Å². The van der Waals surface area contributed by atoms with Gasteiger partial charge in [0.05, 0.1) is 7.11 Å². The van der Waals surface area contributed by atoms with Gasteiger partial charge in [0.2, 0.25) is 0 Å². The predicted octanol–water partition coefficient (Wildman–Crippen LogP) is -0.138. The molecule has 0 saturated heterocycles. The van der Waals surface area contributed by atoms with E-state index in [0.717, 1.165) is 12.0 Å². The van der Waals surface area contributed by atoms with E-state index in [1.54, 1.807) is 18.2 Å². The highest BCUT2D eigenvalue weighted by Gasteiger charge is 2.10. The van der Waals surface area contributed by atoms with Crippen LogP contribution in [-0.4, -0.2) is 30.2 Å². The van der Waals surface area contributed by atoms with E-state index >= 15 is 0 Å². The van der Waals surface area contributed by atoms with E-state index in [1.165, 1.54) is 7.11 Å². The number of carbonyl (C=O) groups is 1. The van der Waals surface area contributed by atoms with Gasteiger partial charge in [0.15, 0.2) is 0 Å². The second-order valence-corrected chi connectivity index (χ2v) is 3.55. The zero-order chi connectivity index (χ0) is 12.0. The van der Waals surface area contributed by atoms with E-state index in [4.69, 9.17) is 10.0 Å². The quantitative estimate of drug-likeness (QED) is 0.537. The van der Waals surface area contributed by atoms with E-state index < -0.39 is 7.12 Å². The summed E-state index contributed by atoms with van der Waals surface area (Å²) in [5.74, 6) is -0.224. The van der Waals surface area contributed by atoms with Gasteiger partial charge in [-0.15, -0.1) is 0 Å². The van der Waals surface area contributed by atoms with Crippen LogP contribution < -0.4 is 5.46 Å². The first-order valence-electron chi connectivity index (χ1n) is 5.15. The van der Waals surface area contributed by atoms with Crippen LogP contribution in [0.1, 0.15) is 18.4 Å². The number of hydrogen-bond donors (Lipinski definition) is 2. The largest absolute Gasteiger partial charge is 0.488 e. The lowest BCUT2D eigenvalue weighted by molar-refractivity contribution is -0.140. The molecule has 0 atom stereocenters. The van der Waals surface area contributed by atoms with E-state index in [-0.39, 0.29) is 5.97 Å². The smallest absolute Gasteiger partial charge is 0.469 e. The van der Waals surface area contributed by atoms with Crippen LogP contribution in [0.25, 0.3) is 0 Å². The van der Waals surface area contributed by atoms with Crippen LogP contribution in [0.5, 0.6) is 0 Å². The summed E-state index contributed by atoms with van der Waals surface area (Å²) in [6, 6.07) is 7.03. The zero-order valence-electron chi connectivity index (χ0n) is 9.22. The van der Waals surface area contributed by atoms with Crippen molar-refractivity contribution in [2.45, 2.75) is 19.3 Å². The molecule has 4 nitrogen and oxygen atoms in total. The highest BCUT2D eigenvalue weighted by atomic mass is 16.5. The molecule has 2 N–H and O–H groups in total. The number of ether oxygens (including phenoxy) is 1. The number of carbonyl (C=O) groups excluding carboxylic acids is 1. The Morgan fingerprint density at radius 2 is 2.19 bits per heavy atom. The van der Waals surface area contributed by atoms with Crippen molar-refractivity contribution in [2.75, 3.05) is 7.11 Å². The number of hydrogen-bond acceptors (Lipinski definition) is 4. The lowest BCUT2D eigenvalue weighted by Crippen LogP contribution is -2.29. The Morgan fingerprint density at radius 3 is 2.81 bits per heavy atom. The molecule has 0 aliphatic rings. The van der Waals surface area contributed by atoms with Gasteiger partial charge < -0.3 is 14.8 Å². The topological polar surface area (TPSA) is 66.8 Å². The number of rotatable bonds is 5. The second-order valence-electron chi connectivity index (χ2n) is 3.55. The van der Waals surface area contributed by atoms with Crippen molar-refractivity contribution >= 4 is 18.6 Å². The van der Waals surface area contributed by atoms with Gasteiger partial charge in [0.25, 0.3) is 0 Å². The molecule has 0 bridgehead atoms. The average Bonchev–Trinajstić information content (AvgIpc) is 2.29. The highest BCUT2D eigenvalue weighted by molar-refractivity contribution is 6.58. The third-order valence-corrected chi connectivity index (χ3v) is 2.32. The normalized spacial score (nSPS) is 9.94. The summed E-state index contributed by atoms with van der Waals surface area (Å²) in [5, 5.41) is 18.0. The van der Waals surface area contributed by atoms with Crippen molar-refractivity contribution < 1.29 is 19.6 Å². The van der Waals surface area contributed by atoms with Crippen LogP contribution in [0, 0.1) is 0 Å². The van der Waals surface area contributed by atoms with Gasteiger partial charge in [-0.3, -0.25) is 4.79 Å². The molecule has 0 saturated carbocycles. The van der Waals surface area contributed by atoms with Gasteiger partial charge >= 0.3 is 13.1 Å². The Kier molecular flexibility index (Phi) is 5.02. The van der Waals surface area contributed by atoms with Gasteiger partial charge in [-0.25, -0.2) is 0 Å². The second kappa shape index (κ2) is 6.30. The van der Waals surface area contributed by atoms with Crippen LogP contribution in [0.2, 0.25) is 0 Å². The van der Waals surface area contributed by atoms with Crippen molar-refractivity contribution in [3.8, 4) is 0 Å². The summed E-state index contributed by atoms with van der Waals surface area (Å²) >= 11 is 0. The van der Waals surface area contributed by atoms with Crippen LogP contribution >= 0.6 is 0 Å². The van der Waals surface area contributed by atoms with Crippen LogP contribution in [0.4, 0.5) is 0 Å². The molecular formula is C11H15BO4. The van der Waals surface area contributed by atoms with Crippen molar-refractivity contribution in [3.63, 3.8) is 0 Å². The van der Waals surface area contributed by atoms with Crippen LogP contribution in [0.3, 0.4) is 0 Å². The molecule has 5 heteroatoms. The molecule has 86 valence electrons. The molecule has 0 fully saturated rings. The molecule has 1 aromatic carbocycles. The fourth-order valence-corrected chi connectivity index (χ4v) is 1.45. The summed E-state index contributed by atoms with van der Waals surface area (Å²) in [7, 11) is -0.0778. The first kappa shape index (κ1) is 12.7. The predicted molar refractivity (Wildman–Crippen MR) is 61.2 cm³/mol. The number of benzene rings is 1. The maximum Gasteiger partial charge on any atom is 0.488 e. The van der Waals surface area contributed by atoms with E-state index in [1.807, 2.05) is 6.07 Å². The average molecular weight is 222 g/mol. The molecule has 0 aromatic heterocycles. The number of esters is 1. The molecule has 0 heterocycles. The summed E-state index contributed by atoms with van der Waals surface area (Å²) in [5.41, 5.74) is 1.45. The third kappa shape index (κ3) is 4.04. The van der Waals surface area contributed by atoms with Gasteiger partial charge in [-0.2, -0.15) is 0 Å². The molecular weight excluding hydrogens is 207 g/mol. The van der Waals surface area contributed by atoms with E-state index in [9.17, 15) is 4.79 Å². The molecule has 0 unspecified atom stereocenters. The van der Waals surface area contributed by atoms with Crippen molar-refractivity contribution in [1.82, 2.24) is 0 Å². The van der Waals surface area contributed by atoms with Gasteiger partial charge in [0.1, 0.15) is 0 Å². The molecule has 0 aliphatic carbocycles. The molecule has 0 aliphatic heterocycles. The maximum absolute atomic E-state index is 10.9. The number of methoxy groups -OCH3 is 1. The Labute approximate surface area is 95.0 Å².